The molecule has 1 N–H and O–H groups in total. The van der Waals surface area contributed by atoms with E-state index >= 15 is 0 Å². The number of hydrogen-bond donors (Lipinski definition) is 1. The van der Waals surface area contributed by atoms with Gasteiger partial charge in [-0.2, -0.15) is 0 Å². The van der Waals surface area contributed by atoms with Crippen molar-refractivity contribution in [3.05, 3.63) is 72.6 Å². The largest absolute Gasteiger partial charge is 0.444 e. The third-order valence-electron chi connectivity index (χ3n) is 4.98. The SMILES string of the molecule is CC(C)(C)OC(=O)N1CC=C(c2nc(-c3ccccc3)c(-c3ccccc3)[nH]2)CC1. The molecule has 1 aromatic heterocycles. The number of nitrogens with one attached hydrogen (secondary N) is 1. The molecule has 0 aliphatic carbocycles. The van der Waals surface area contributed by atoms with Gasteiger partial charge in [0.15, 0.2) is 0 Å². The van der Waals surface area contributed by atoms with Crippen LogP contribution in [0, 0.1) is 0 Å². The van der Waals surface area contributed by atoms with Gasteiger partial charge in [0.1, 0.15) is 11.4 Å². The third-order valence-corrected chi connectivity index (χ3v) is 4.98. The lowest BCUT2D eigenvalue weighted by molar-refractivity contribution is 0.0270. The van der Waals surface area contributed by atoms with E-state index in [2.05, 4.69) is 35.3 Å². The van der Waals surface area contributed by atoms with Gasteiger partial charge in [0, 0.05) is 24.2 Å². The van der Waals surface area contributed by atoms with E-state index in [1.54, 1.807) is 4.90 Å². The standard InChI is InChI=1S/C25H27N3O2/c1-25(2,3)30-24(29)28-16-14-20(15-17-28)23-26-21(18-10-6-4-7-11-18)22(27-23)19-12-8-5-9-13-19/h4-14H,15-17H2,1-3H3,(H,26,27). The molecule has 0 fully saturated rings. The monoisotopic (exact) mass is 401 g/mol. The summed E-state index contributed by atoms with van der Waals surface area (Å²) in [7, 11) is 0. The summed E-state index contributed by atoms with van der Waals surface area (Å²) in [5.41, 5.74) is 4.75. The molecule has 30 heavy (non-hydrogen) atoms. The molecular formula is C25H27N3O2. The number of ether oxygens (including phenoxy) is 1. The van der Waals surface area contributed by atoms with Crippen LogP contribution in [0.25, 0.3) is 28.1 Å². The van der Waals surface area contributed by atoms with Crippen molar-refractivity contribution < 1.29 is 9.53 Å². The van der Waals surface area contributed by atoms with Gasteiger partial charge in [-0.15, -0.1) is 0 Å². The molecule has 0 saturated heterocycles. The van der Waals surface area contributed by atoms with Gasteiger partial charge >= 0.3 is 6.09 Å². The minimum absolute atomic E-state index is 0.271. The van der Waals surface area contributed by atoms with E-state index in [1.165, 1.54) is 0 Å². The number of H-pyrrole nitrogens is 1. The molecule has 2 aromatic carbocycles. The Morgan fingerprint density at radius 2 is 1.63 bits per heavy atom. The maximum atomic E-state index is 12.3. The number of aromatic nitrogens is 2. The first-order valence-electron chi connectivity index (χ1n) is 10.3. The highest BCUT2D eigenvalue weighted by molar-refractivity contribution is 5.81. The third kappa shape index (κ3) is 4.46. The molecule has 5 heteroatoms. The summed E-state index contributed by atoms with van der Waals surface area (Å²) in [6.45, 7) is 6.79. The Hall–Kier alpha value is -3.34. The van der Waals surface area contributed by atoms with E-state index in [4.69, 9.17) is 9.72 Å². The molecule has 5 nitrogen and oxygen atoms in total. The first-order valence-corrected chi connectivity index (χ1v) is 10.3. The van der Waals surface area contributed by atoms with Crippen molar-refractivity contribution in [2.45, 2.75) is 32.8 Å². The van der Waals surface area contributed by atoms with Gasteiger partial charge < -0.3 is 14.6 Å². The first kappa shape index (κ1) is 20.0. The number of rotatable bonds is 3. The molecule has 0 saturated carbocycles. The fourth-order valence-corrected chi connectivity index (χ4v) is 3.52. The minimum Gasteiger partial charge on any atom is -0.444 e. The number of imidazole rings is 1. The van der Waals surface area contributed by atoms with E-state index in [0.29, 0.717) is 13.1 Å². The number of hydrogen-bond acceptors (Lipinski definition) is 3. The topological polar surface area (TPSA) is 58.2 Å². The summed E-state index contributed by atoms with van der Waals surface area (Å²) < 4.78 is 5.49. The lowest BCUT2D eigenvalue weighted by Crippen LogP contribution is -2.39. The van der Waals surface area contributed by atoms with Crippen LogP contribution in [0.15, 0.2) is 66.7 Å². The van der Waals surface area contributed by atoms with Crippen LogP contribution in [0.5, 0.6) is 0 Å². The van der Waals surface area contributed by atoms with Gasteiger partial charge in [-0.3, -0.25) is 0 Å². The molecule has 1 amide bonds. The predicted molar refractivity (Wildman–Crippen MR) is 120 cm³/mol. The highest BCUT2D eigenvalue weighted by atomic mass is 16.6. The first-order chi connectivity index (χ1) is 14.4. The Balaban J connectivity index is 1.63. The number of aromatic amines is 1. The van der Waals surface area contributed by atoms with E-state index < -0.39 is 5.60 Å². The van der Waals surface area contributed by atoms with Crippen LogP contribution in [0.1, 0.15) is 33.0 Å². The Morgan fingerprint density at radius 1 is 1.00 bits per heavy atom. The average molecular weight is 402 g/mol. The van der Waals surface area contributed by atoms with Crippen LogP contribution in [0.2, 0.25) is 0 Å². The summed E-state index contributed by atoms with van der Waals surface area (Å²) in [6.07, 6.45) is 2.53. The van der Waals surface area contributed by atoms with Crippen LogP contribution in [0.3, 0.4) is 0 Å². The molecule has 4 rings (SSSR count). The van der Waals surface area contributed by atoms with Crippen LogP contribution in [0.4, 0.5) is 4.79 Å². The molecule has 2 heterocycles. The molecular weight excluding hydrogens is 374 g/mol. The molecule has 0 spiro atoms. The fraction of sp³-hybridized carbons (Fsp3) is 0.280. The van der Waals surface area contributed by atoms with E-state index in [9.17, 15) is 4.79 Å². The highest BCUT2D eigenvalue weighted by Crippen LogP contribution is 2.33. The normalized spacial score (nSPS) is 14.4. The van der Waals surface area contributed by atoms with Crippen molar-refractivity contribution in [1.82, 2.24) is 14.9 Å². The van der Waals surface area contributed by atoms with E-state index in [-0.39, 0.29) is 6.09 Å². The average Bonchev–Trinajstić information content (AvgIpc) is 3.19. The lowest BCUT2D eigenvalue weighted by atomic mass is 10.1. The van der Waals surface area contributed by atoms with Gasteiger partial charge in [-0.25, -0.2) is 9.78 Å². The quantitative estimate of drug-likeness (QED) is 0.606. The Kier molecular flexibility index (Phi) is 5.44. The van der Waals surface area contributed by atoms with E-state index in [0.717, 1.165) is 40.3 Å². The van der Waals surface area contributed by atoms with Crippen LogP contribution >= 0.6 is 0 Å². The van der Waals surface area contributed by atoms with Gasteiger partial charge in [-0.1, -0.05) is 66.7 Å². The second-order valence-electron chi connectivity index (χ2n) is 8.45. The second-order valence-corrected chi connectivity index (χ2v) is 8.45. The summed E-state index contributed by atoms with van der Waals surface area (Å²) >= 11 is 0. The zero-order valence-corrected chi connectivity index (χ0v) is 17.7. The maximum Gasteiger partial charge on any atom is 0.410 e. The smallest absolute Gasteiger partial charge is 0.410 e. The predicted octanol–water partition coefficient (Wildman–Crippen LogP) is 5.77. The summed E-state index contributed by atoms with van der Waals surface area (Å²) in [5, 5.41) is 0. The van der Waals surface area contributed by atoms with Crippen LogP contribution in [-0.2, 0) is 4.74 Å². The van der Waals surface area contributed by atoms with Crippen molar-refractivity contribution in [2.24, 2.45) is 0 Å². The number of nitrogens with zero attached hydrogens (tertiary/aromatic N) is 2. The molecule has 154 valence electrons. The van der Waals surface area contributed by atoms with E-state index in [1.807, 2.05) is 57.2 Å². The zero-order chi connectivity index (χ0) is 21.1. The minimum atomic E-state index is -0.489. The van der Waals surface area contributed by atoms with Crippen LogP contribution < -0.4 is 0 Å². The summed E-state index contributed by atoms with van der Waals surface area (Å²) in [6, 6.07) is 20.5. The van der Waals surface area contributed by atoms with Gasteiger partial charge in [0.25, 0.3) is 0 Å². The molecule has 0 radical (unpaired) electrons. The highest BCUT2D eigenvalue weighted by Gasteiger charge is 2.25. The summed E-state index contributed by atoms with van der Waals surface area (Å²) in [4.78, 5) is 22.6. The van der Waals surface area contributed by atoms with Crippen molar-refractivity contribution in [3.63, 3.8) is 0 Å². The lowest BCUT2D eigenvalue weighted by Gasteiger charge is -2.29. The van der Waals surface area contributed by atoms with Crippen molar-refractivity contribution in [2.75, 3.05) is 13.1 Å². The molecule has 0 atom stereocenters. The molecule has 1 aliphatic rings. The summed E-state index contributed by atoms with van der Waals surface area (Å²) in [5.74, 6) is 0.858. The number of benzene rings is 2. The molecule has 1 aliphatic heterocycles. The Bertz CT molecular complexity index is 990. The Morgan fingerprint density at radius 3 is 2.20 bits per heavy atom. The second kappa shape index (κ2) is 8.19. The number of carbonyl (C=O) groups excluding carboxylic acids is 1. The number of amides is 1. The van der Waals surface area contributed by atoms with Gasteiger partial charge in [-0.05, 0) is 32.8 Å². The van der Waals surface area contributed by atoms with Crippen molar-refractivity contribution >= 4 is 11.7 Å². The van der Waals surface area contributed by atoms with Gasteiger partial charge in [0.05, 0.1) is 11.4 Å². The molecule has 0 unspecified atom stereocenters. The number of carbonyl (C=O) groups is 1. The van der Waals surface area contributed by atoms with Crippen LogP contribution in [-0.4, -0.2) is 39.7 Å². The van der Waals surface area contributed by atoms with Crippen molar-refractivity contribution in [1.29, 1.82) is 0 Å². The Labute approximate surface area is 177 Å². The zero-order valence-electron chi connectivity index (χ0n) is 17.7. The van der Waals surface area contributed by atoms with Gasteiger partial charge in [0.2, 0.25) is 0 Å². The molecule has 3 aromatic rings. The van der Waals surface area contributed by atoms with Crippen molar-refractivity contribution in [3.8, 4) is 22.5 Å². The maximum absolute atomic E-state index is 12.3. The molecule has 0 bridgehead atoms. The fourth-order valence-electron chi connectivity index (χ4n) is 3.52.